The van der Waals surface area contributed by atoms with Crippen LogP contribution in [0.4, 0.5) is 5.13 Å². The van der Waals surface area contributed by atoms with Crippen LogP contribution in [0.15, 0.2) is 72.3 Å². The second kappa shape index (κ2) is 7.98. The third-order valence-corrected chi connectivity index (χ3v) is 6.91. The third-order valence-electron chi connectivity index (χ3n) is 5.91. The van der Waals surface area contributed by atoms with Crippen LogP contribution in [-0.4, -0.2) is 21.8 Å². The average molecular weight is 455 g/mol. The number of benzene rings is 3. The van der Waals surface area contributed by atoms with Crippen molar-refractivity contribution in [2.75, 3.05) is 4.90 Å². The van der Waals surface area contributed by atoms with Crippen LogP contribution in [-0.2, 0) is 9.59 Å². The van der Waals surface area contributed by atoms with E-state index in [2.05, 4.69) is 0 Å². The molecule has 0 saturated carbocycles. The molecule has 1 atom stereocenters. The van der Waals surface area contributed by atoms with Crippen molar-refractivity contribution in [1.29, 1.82) is 0 Å². The number of hydrogen-bond donors (Lipinski definition) is 1. The summed E-state index contributed by atoms with van der Waals surface area (Å²) in [7, 11) is 0. The first kappa shape index (κ1) is 21.1. The molecule has 1 aliphatic rings. The maximum atomic E-state index is 13.3. The fourth-order valence-corrected chi connectivity index (χ4v) is 5.48. The van der Waals surface area contributed by atoms with Crippen LogP contribution in [0, 0.1) is 20.8 Å². The number of aliphatic hydroxyl groups is 1. The summed E-state index contributed by atoms with van der Waals surface area (Å²) in [5, 5.41) is 11.6. The molecule has 1 N–H and O–H groups in total. The molecule has 4 aromatic rings. The van der Waals surface area contributed by atoms with Crippen molar-refractivity contribution < 1.29 is 14.7 Å². The Hall–Kier alpha value is -3.77. The van der Waals surface area contributed by atoms with Crippen molar-refractivity contribution in [3.05, 3.63) is 100 Å². The highest BCUT2D eigenvalue weighted by Gasteiger charge is 2.48. The van der Waals surface area contributed by atoms with Gasteiger partial charge in [0.2, 0.25) is 0 Å². The number of aliphatic hydroxyl groups excluding tert-OH is 1. The van der Waals surface area contributed by atoms with Crippen LogP contribution in [0.1, 0.15) is 33.9 Å². The van der Waals surface area contributed by atoms with Gasteiger partial charge >= 0.3 is 5.91 Å². The normalized spacial score (nSPS) is 17.8. The molecule has 1 amide bonds. The summed E-state index contributed by atoms with van der Waals surface area (Å²) in [6, 6.07) is 19.8. The molecule has 33 heavy (non-hydrogen) atoms. The predicted molar refractivity (Wildman–Crippen MR) is 131 cm³/mol. The zero-order valence-electron chi connectivity index (χ0n) is 18.5. The predicted octanol–water partition coefficient (Wildman–Crippen LogP) is 5.85. The molecular weight excluding hydrogens is 432 g/mol. The molecule has 3 aromatic carbocycles. The second-order valence-electron chi connectivity index (χ2n) is 8.37. The highest BCUT2D eigenvalue weighted by molar-refractivity contribution is 7.22. The van der Waals surface area contributed by atoms with E-state index in [9.17, 15) is 14.7 Å². The molecule has 5 nitrogen and oxygen atoms in total. The largest absolute Gasteiger partial charge is 0.507 e. The highest BCUT2D eigenvalue weighted by atomic mass is 32.1. The number of amides is 1. The zero-order chi connectivity index (χ0) is 23.3. The Morgan fingerprint density at radius 3 is 2.33 bits per heavy atom. The Bertz CT molecular complexity index is 1440. The number of rotatable bonds is 3. The van der Waals surface area contributed by atoms with Crippen LogP contribution >= 0.6 is 11.3 Å². The van der Waals surface area contributed by atoms with E-state index >= 15 is 0 Å². The van der Waals surface area contributed by atoms with Gasteiger partial charge in [-0.3, -0.25) is 14.5 Å². The van der Waals surface area contributed by atoms with Crippen molar-refractivity contribution in [3.63, 3.8) is 0 Å². The average Bonchev–Trinajstić information content (AvgIpc) is 3.33. The number of fused-ring (bicyclic) bond motifs is 1. The molecule has 164 valence electrons. The molecule has 0 aliphatic carbocycles. The van der Waals surface area contributed by atoms with Gasteiger partial charge in [-0.25, -0.2) is 4.98 Å². The lowest BCUT2D eigenvalue weighted by atomic mass is 9.95. The number of carbonyl (C=O) groups is 2. The van der Waals surface area contributed by atoms with Gasteiger partial charge in [-0.2, -0.15) is 0 Å². The highest BCUT2D eigenvalue weighted by Crippen LogP contribution is 2.44. The van der Waals surface area contributed by atoms with E-state index in [1.165, 1.54) is 16.2 Å². The van der Waals surface area contributed by atoms with Crippen LogP contribution in [0.5, 0.6) is 0 Å². The second-order valence-corrected chi connectivity index (χ2v) is 9.38. The van der Waals surface area contributed by atoms with Crippen LogP contribution < -0.4 is 4.90 Å². The molecule has 0 spiro atoms. The van der Waals surface area contributed by atoms with Gasteiger partial charge in [0.15, 0.2) is 5.13 Å². The Kier molecular flexibility index (Phi) is 5.10. The van der Waals surface area contributed by atoms with Gasteiger partial charge in [0, 0.05) is 5.56 Å². The first-order chi connectivity index (χ1) is 15.8. The molecule has 0 bridgehead atoms. The van der Waals surface area contributed by atoms with Crippen molar-refractivity contribution >= 4 is 44.1 Å². The maximum absolute atomic E-state index is 13.3. The molecular formula is C27H22N2O3S. The van der Waals surface area contributed by atoms with Crippen molar-refractivity contribution in [2.45, 2.75) is 26.8 Å². The van der Waals surface area contributed by atoms with E-state index in [-0.39, 0.29) is 11.3 Å². The standard InChI is InChI=1S/C27H22N2O3S/c1-15-9-11-18(12-10-15)23-21(24(30)19-7-5-4-6-8-19)25(31)26(32)29(23)27-28-22-17(3)13-16(2)14-20(22)33-27/h4-14,23,30H,1-3H3/b24-21+/t23-/m1/s1. The number of aromatic nitrogens is 1. The molecule has 1 aliphatic heterocycles. The van der Waals surface area contributed by atoms with Gasteiger partial charge in [0.25, 0.3) is 5.78 Å². The molecule has 0 radical (unpaired) electrons. The summed E-state index contributed by atoms with van der Waals surface area (Å²) < 4.78 is 0.954. The first-order valence-corrected chi connectivity index (χ1v) is 11.5. The van der Waals surface area contributed by atoms with Gasteiger partial charge in [0.05, 0.1) is 21.8 Å². The van der Waals surface area contributed by atoms with Gasteiger partial charge in [-0.1, -0.05) is 77.6 Å². The smallest absolute Gasteiger partial charge is 0.301 e. The van der Waals surface area contributed by atoms with Gasteiger partial charge in [-0.05, 0) is 43.5 Å². The quantitative estimate of drug-likeness (QED) is 0.240. The lowest BCUT2D eigenvalue weighted by Crippen LogP contribution is -2.29. The van der Waals surface area contributed by atoms with Crippen molar-refractivity contribution in [3.8, 4) is 0 Å². The molecule has 1 saturated heterocycles. The van der Waals surface area contributed by atoms with E-state index in [4.69, 9.17) is 4.98 Å². The first-order valence-electron chi connectivity index (χ1n) is 10.7. The Morgan fingerprint density at radius 2 is 1.64 bits per heavy atom. The number of aryl methyl sites for hydroxylation is 3. The van der Waals surface area contributed by atoms with Gasteiger partial charge < -0.3 is 5.11 Å². The number of nitrogens with zero attached hydrogens (tertiary/aromatic N) is 2. The van der Waals surface area contributed by atoms with E-state index in [0.717, 1.165) is 32.5 Å². The van der Waals surface area contributed by atoms with Gasteiger partial charge in [0.1, 0.15) is 5.76 Å². The minimum absolute atomic E-state index is 0.0715. The Labute approximate surface area is 195 Å². The van der Waals surface area contributed by atoms with E-state index in [1.807, 2.05) is 63.2 Å². The minimum Gasteiger partial charge on any atom is -0.507 e. The van der Waals surface area contributed by atoms with E-state index < -0.39 is 17.7 Å². The summed E-state index contributed by atoms with van der Waals surface area (Å²) in [5.41, 5.74) is 5.30. The van der Waals surface area contributed by atoms with Crippen molar-refractivity contribution in [1.82, 2.24) is 4.98 Å². The minimum atomic E-state index is -0.771. The summed E-state index contributed by atoms with van der Waals surface area (Å²) in [4.78, 5) is 32.8. The number of Topliss-reactive ketones (excluding diaryl/α,β-unsaturated/α-hetero) is 1. The third kappa shape index (κ3) is 3.52. The summed E-state index contributed by atoms with van der Waals surface area (Å²) in [5.74, 6) is -1.59. The number of hydrogen-bond acceptors (Lipinski definition) is 5. The molecule has 0 unspecified atom stereocenters. The summed E-state index contributed by atoms with van der Waals surface area (Å²) in [6.45, 7) is 5.98. The van der Waals surface area contributed by atoms with Crippen LogP contribution in [0.2, 0.25) is 0 Å². The molecule has 1 aromatic heterocycles. The van der Waals surface area contributed by atoms with E-state index in [0.29, 0.717) is 10.7 Å². The fraction of sp³-hybridized carbons (Fsp3) is 0.148. The zero-order valence-corrected chi connectivity index (χ0v) is 19.3. The van der Waals surface area contributed by atoms with Crippen molar-refractivity contribution in [2.24, 2.45) is 0 Å². The maximum Gasteiger partial charge on any atom is 0.301 e. The SMILES string of the molecule is Cc1ccc([C@@H]2/C(=C(\O)c3ccccc3)C(=O)C(=O)N2c2nc3c(C)cc(C)cc3s2)cc1. The fourth-order valence-electron chi connectivity index (χ4n) is 4.31. The summed E-state index contributed by atoms with van der Waals surface area (Å²) >= 11 is 1.38. The molecule has 6 heteroatoms. The summed E-state index contributed by atoms with van der Waals surface area (Å²) in [6.07, 6.45) is 0. The Morgan fingerprint density at radius 1 is 0.939 bits per heavy atom. The Balaban J connectivity index is 1.75. The van der Waals surface area contributed by atoms with Crippen LogP contribution in [0.3, 0.4) is 0 Å². The molecule has 2 heterocycles. The van der Waals surface area contributed by atoms with Crippen LogP contribution in [0.25, 0.3) is 16.0 Å². The number of thiazole rings is 1. The monoisotopic (exact) mass is 454 g/mol. The molecule has 5 rings (SSSR count). The van der Waals surface area contributed by atoms with Gasteiger partial charge in [-0.15, -0.1) is 0 Å². The lowest BCUT2D eigenvalue weighted by molar-refractivity contribution is -0.132. The van der Waals surface area contributed by atoms with E-state index in [1.54, 1.807) is 24.3 Å². The number of anilines is 1. The number of ketones is 1. The molecule has 1 fully saturated rings. The topological polar surface area (TPSA) is 70.5 Å². The lowest BCUT2D eigenvalue weighted by Gasteiger charge is -2.23. The number of carbonyl (C=O) groups excluding carboxylic acids is 2.